The molecule has 0 radical (unpaired) electrons. The van der Waals surface area contributed by atoms with Crippen molar-refractivity contribution in [3.05, 3.63) is 36.0 Å². The van der Waals surface area contributed by atoms with Gasteiger partial charge in [-0.1, -0.05) is 72.8 Å². The van der Waals surface area contributed by atoms with Crippen LogP contribution in [-0.2, 0) is 47.1 Å². The first-order valence-electron chi connectivity index (χ1n) is 25.6. The molecule has 0 saturated carbocycles. The minimum absolute atomic E-state index is 0.0436. The van der Waals surface area contributed by atoms with E-state index in [1.165, 1.54) is 0 Å². The summed E-state index contributed by atoms with van der Waals surface area (Å²) >= 11 is 0. The SMILES string of the molecule is CCOCCOC(C)(/C=C/C=C(\C)C1OC(=O)CC(O[Si](CC)(CC)C(C)C)CCC(C)(OCCOCC)C(OC(=O)N2CCN(C(C)C)CC2)/C=C/C1C)CC1OC1C(C)C(CC)OC. The van der Waals surface area contributed by atoms with Gasteiger partial charge in [-0.3, -0.25) is 9.69 Å². The summed E-state index contributed by atoms with van der Waals surface area (Å²) in [7, 11) is -0.490. The zero-order valence-electron chi connectivity index (χ0n) is 44.1. The molecular weight excluding hydrogens is 857 g/mol. The molecule has 0 aliphatic carbocycles. The van der Waals surface area contributed by atoms with E-state index in [-0.39, 0.29) is 48.6 Å². The predicted molar refractivity (Wildman–Crippen MR) is 265 cm³/mol. The van der Waals surface area contributed by atoms with Gasteiger partial charge < -0.3 is 47.2 Å². The molecule has 0 aromatic heterocycles. The van der Waals surface area contributed by atoms with Crippen molar-refractivity contribution < 1.29 is 51.9 Å². The molecule has 0 spiro atoms. The standard InChI is InChI=1S/C52H94N2O11Si/c1-16-44(57-15)42(12)49-45(62-49)37-51(13,60-34-32-58-17-2)26-21-22-40(10)48-41(11)23-24-46(63-50(56)54-30-28-53(29-31-54)38(6)7)52(14,61-35-33-59-18-3)27-25-43(36-47(55)64-48)65-66(19-4,20-5)39(8)9/h21-24,26,38-39,41-46,48-49H,16-20,25,27-37H2,1-15H3/b24-23+,26-21+,40-22+. The van der Waals surface area contributed by atoms with Crippen LogP contribution in [0.2, 0.25) is 17.6 Å². The molecule has 3 aliphatic rings. The van der Waals surface area contributed by atoms with Crippen LogP contribution in [0.3, 0.4) is 0 Å². The second-order valence-electron chi connectivity index (χ2n) is 19.9. The Labute approximate surface area is 402 Å². The zero-order chi connectivity index (χ0) is 49.1. The topological polar surface area (TPSA) is 127 Å². The Kier molecular flexibility index (Phi) is 25.1. The van der Waals surface area contributed by atoms with Gasteiger partial charge in [-0.2, -0.15) is 0 Å². The summed E-state index contributed by atoms with van der Waals surface area (Å²) in [6, 6.07) is 2.27. The minimum atomic E-state index is -2.25. The van der Waals surface area contributed by atoms with Crippen molar-refractivity contribution in [3.63, 3.8) is 0 Å². The number of cyclic esters (lactones) is 1. The van der Waals surface area contributed by atoms with Gasteiger partial charge in [0, 0.05) is 70.8 Å². The van der Waals surface area contributed by atoms with Gasteiger partial charge in [0.15, 0.2) is 14.4 Å². The van der Waals surface area contributed by atoms with Gasteiger partial charge in [-0.25, -0.2) is 4.79 Å². The van der Waals surface area contributed by atoms with Crippen LogP contribution in [0.25, 0.3) is 0 Å². The van der Waals surface area contributed by atoms with Crippen LogP contribution in [0, 0.1) is 11.8 Å². The third-order valence-corrected chi connectivity index (χ3v) is 19.8. The van der Waals surface area contributed by atoms with Gasteiger partial charge in [0.2, 0.25) is 0 Å². The Morgan fingerprint density at radius 2 is 1.62 bits per heavy atom. The van der Waals surface area contributed by atoms with Crippen LogP contribution in [0.4, 0.5) is 4.79 Å². The van der Waals surface area contributed by atoms with Crippen LogP contribution in [0.15, 0.2) is 36.0 Å². The largest absolute Gasteiger partial charge is 0.457 e. The van der Waals surface area contributed by atoms with Gasteiger partial charge in [0.1, 0.15) is 11.7 Å². The molecule has 10 atom stereocenters. The number of piperazine rings is 1. The number of amides is 1. The van der Waals surface area contributed by atoms with Crippen molar-refractivity contribution in [2.24, 2.45) is 11.8 Å². The molecule has 0 aromatic carbocycles. The van der Waals surface area contributed by atoms with Crippen molar-refractivity contribution >= 4 is 20.4 Å². The molecule has 0 aromatic rings. The highest BCUT2D eigenvalue weighted by atomic mass is 28.4. The number of carbonyl (C=O) groups is 2. The number of rotatable bonds is 26. The maximum Gasteiger partial charge on any atom is 0.410 e. The molecule has 13 nitrogen and oxygen atoms in total. The summed E-state index contributed by atoms with van der Waals surface area (Å²) < 4.78 is 56.8. The van der Waals surface area contributed by atoms with E-state index >= 15 is 0 Å². The number of ether oxygens (including phenoxy) is 8. The Bertz CT molecular complexity index is 1510. The third-order valence-electron chi connectivity index (χ3n) is 14.5. The van der Waals surface area contributed by atoms with Crippen LogP contribution < -0.4 is 0 Å². The Morgan fingerprint density at radius 1 is 0.970 bits per heavy atom. The van der Waals surface area contributed by atoms with E-state index in [2.05, 4.69) is 73.3 Å². The van der Waals surface area contributed by atoms with Crippen LogP contribution in [-0.4, -0.2) is 157 Å². The number of hydrogen-bond acceptors (Lipinski definition) is 12. The molecule has 10 unspecified atom stereocenters. The second kappa shape index (κ2) is 28.5. The highest BCUT2D eigenvalue weighted by Crippen LogP contribution is 2.40. The van der Waals surface area contributed by atoms with E-state index in [9.17, 15) is 9.59 Å². The first-order chi connectivity index (χ1) is 31.3. The summed E-state index contributed by atoms with van der Waals surface area (Å²) in [6.45, 7) is 35.3. The number of hydrogen-bond donors (Lipinski definition) is 0. The van der Waals surface area contributed by atoms with Crippen molar-refractivity contribution in [1.82, 2.24) is 9.80 Å². The number of carbonyl (C=O) groups excluding carboxylic acids is 2. The molecule has 1 amide bonds. The third kappa shape index (κ3) is 17.7. The smallest absolute Gasteiger partial charge is 0.410 e. The number of esters is 1. The monoisotopic (exact) mass is 951 g/mol. The molecule has 0 N–H and O–H groups in total. The molecule has 3 aliphatic heterocycles. The molecule has 2 saturated heterocycles. The normalized spacial score (nSPS) is 28.7. The van der Waals surface area contributed by atoms with Gasteiger partial charge in [0.25, 0.3) is 0 Å². The first-order valence-corrected chi connectivity index (χ1v) is 28.0. The maximum absolute atomic E-state index is 14.2. The molecule has 382 valence electrons. The minimum Gasteiger partial charge on any atom is -0.457 e. The van der Waals surface area contributed by atoms with Gasteiger partial charge in [-0.05, 0) is 97.0 Å². The van der Waals surface area contributed by atoms with E-state index in [1.807, 2.05) is 58.9 Å². The fraction of sp³-hybridized carbons (Fsp3) is 0.846. The van der Waals surface area contributed by atoms with E-state index in [0.29, 0.717) is 83.6 Å². The van der Waals surface area contributed by atoms with Crippen molar-refractivity contribution in [2.75, 3.05) is 72.9 Å². The summed E-state index contributed by atoms with van der Waals surface area (Å²) in [5.41, 5.74) is -0.377. The highest BCUT2D eigenvalue weighted by Gasteiger charge is 2.48. The number of epoxide rings is 1. The van der Waals surface area contributed by atoms with Crippen molar-refractivity contribution in [1.29, 1.82) is 0 Å². The molecule has 3 heterocycles. The Balaban J connectivity index is 2.05. The summed E-state index contributed by atoms with van der Waals surface area (Å²) in [4.78, 5) is 32.5. The van der Waals surface area contributed by atoms with Crippen LogP contribution >= 0.6 is 0 Å². The lowest BCUT2D eigenvalue weighted by atomic mass is 9.88. The Morgan fingerprint density at radius 3 is 2.20 bits per heavy atom. The number of nitrogens with zero attached hydrogens (tertiary/aromatic N) is 2. The van der Waals surface area contributed by atoms with Gasteiger partial charge in [0.05, 0.1) is 62.9 Å². The molecular formula is C52H94N2O11Si. The fourth-order valence-corrected chi connectivity index (χ4v) is 13.4. The van der Waals surface area contributed by atoms with Gasteiger partial charge >= 0.3 is 12.1 Å². The Hall–Kier alpha value is -2.14. The first kappa shape index (κ1) is 58.2. The summed E-state index contributed by atoms with van der Waals surface area (Å²) in [6.07, 6.45) is 10.9. The molecule has 0 bridgehead atoms. The number of methoxy groups -OCH3 is 1. The molecule has 66 heavy (non-hydrogen) atoms. The average molecular weight is 951 g/mol. The van der Waals surface area contributed by atoms with Crippen molar-refractivity contribution in [2.45, 2.75) is 201 Å². The quantitative estimate of drug-likeness (QED) is 0.0205. The molecule has 2 fully saturated rings. The fourth-order valence-electron chi connectivity index (χ4n) is 9.76. The van der Waals surface area contributed by atoms with Crippen LogP contribution in [0.5, 0.6) is 0 Å². The maximum atomic E-state index is 14.2. The summed E-state index contributed by atoms with van der Waals surface area (Å²) in [5, 5.41) is 0. The van der Waals surface area contributed by atoms with Crippen LogP contribution in [0.1, 0.15) is 129 Å². The van der Waals surface area contributed by atoms with E-state index in [0.717, 1.165) is 37.2 Å². The number of allylic oxidation sites excluding steroid dienone is 2. The van der Waals surface area contributed by atoms with Gasteiger partial charge in [-0.15, -0.1) is 0 Å². The molecule has 14 heteroatoms. The average Bonchev–Trinajstić information content (AvgIpc) is 4.06. The van der Waals surface area contributed by atoms with E-state index in [1.54, 1.807) is 12.0 Å². The van der Waals surface area contributed by atoms with Crippen molar-refractivity contribution in [3.8, 4) is 0 Å². The van der Waals surface area contributed by atoms with E-state index < -0.39 is 37.8 Å². The zero-order valence-corrected chi connectivity index (χ0v) is 45.1. The highest BCUT2D eigenvalue weighted by molar-refractivity contribution is 6.75. The van der Waals surface area contributed by atoms with E-state index in [4.69, 9.17) is 42.3 Å². The lowest BCUT2D eigenvalue weighted by Gasteiger charge is -2.41. The second-order valence-corrected chi connectivity index (χ2v) is 24.8. The predicted octanol–water partition coefficient (Wildman–Crippen LogP) is 9.93. The lowest BCUT2D eigenvalue weighted by Crippen LogP contribution is -2.53. The lowest BCUT2D eigenvalue weighted by molar-refractivity contribution is -0.152. The summed E-state index contributed by atoms with van der Waals surface area (Å²) in [5.74, 6) is -0.338. The molecule has 3 rings (SSSR count).